The smallest absolute Gasteiger partial charge is 0.0948 e. The number of aryl methyl sites for hydroxylation is 1. The molecular weight excluding hydrogens is 224 g/mol. The molecule has 1 atom stereocenters. The van der Waals surface area contributed by atoms with Crippen LogP contribution in [0.4, 0.5) is 0 Å². The normalized spacial score (nSPS) is 19.8. The summed E-state index contributed by atoms with van der Waals surface area (Å²) in [6.07, 6.45) is 7.76. The van der Waals surface area contributed by atoms with Crippen molar-refractivity contribution in [1.29, 1.82) is 0 Å². The third-order valence-electron chi connectivity index (χ3n) is 3.93. The lowest BCUT2D eigenvalue weighted by Crippen LogP contribution is -2.25. The van der Waals surface area contributed by atoms with Crippen LogP contribution < -0.4 is 5.32 Å². The Morgan fingerprint density at radius 1 is 1.44 bits per heavy atom. The molecule has 0 aliphatic carbocycles. The van der Waals surface area contributed by atoms with Gasteiger partial charge in [0, 0.05) is 18.8 Å². The minimum Gasteiger partial charge on any atom is -0.333 e. The summed E-state index contributed by atoms with van der Waals surface area (Å²) in [4.78, 5) is 6.79. The van der Waals surface area contributed by atoms with Crippen molar-refractivity contribution in [1.82, 2.24) is 19.8 Å². The highest BCUT2D eigenvalue weighted by Gasteiger charge is 2.19. The maximum Gasteiger partial charge on any atom is 0.0948 e. The van der Waals surface area contributed by atoms with E-state index in [0.717, 1.165) is 26.2 Å². The first-order valence-corrected chi connectivity index (χ1v) is 7.31. The van der Waals surface area contributed by atoms with Crippen LogP contribution in [0.15, 0.2) is 12.5 Å². The molecule has 4 heteroatoms. The molecule has 0 bridgehead atoms. The largest absolute Gasteiger partial charge is 0.333 e. The highest BCUT2D eigenvalue weighted by molar-refractivity contribution is 5.07. The Hall–Kier alpha value is -0.870. The van der Waals surface area contributed by atoms with Crippen LogP contribution in [0.1, 0.15) is 44.8 Å². The SMILES string of the molecule is CCN(CC)CCCn1cncc1[C@@H]1CCCN1. The van der Waals surface area contributed by atoms with Crippen LogP contribution in [0.3, 0.4) is 0 Å². The van der Waals surface area contributed by atoms with Crippen molar-refractivity contribution in [2.24, 2.45) is 0 Å². The van der Waals surface area contributed by atoms with E-state index in [2.05, 4.69) is 33.6 Å². The number of nitrogens with zero attached hydrogens (tertiary/aromatic N) is 3. The van der Waals surface area contributed by atoms with E-state index in [1.165, 1.54) is 31.5 Å². The average molecular weight is 250 g/mol. The Morgan fingerprint density at radius 3 is 2.94 bits per heavy atom. The zero-order chi connectivity index (χ0) is 12.8. The quantitative estimate of drug-likeness (QED) is 0.804. The van der Waals surface area contributed by atoms with Gasteiger partial charge in [0.1, 0.15) is 0 Å². The fourth-order valence-corrected chi connectivity index (χ4v) is 2.75. The van der Waals surface area contributed by atoms with Crippen LogP contribution in [0.25, 0.3) is 0 Å². The molecule has 1 N–H and O–H groups in total. The minimum absolute atomic E-state index is 0.529. The molecule has 0 amide bonds. The molecule has 4 nitrogen and oxygen atoms in total. The second kappa shape index (κ2) is 6.90. The van der Waals surface area contributed by atoms with Crippen molar-refractivity contribution in [2.75, 3.05) is 26.2 Å². The summed E-state index contributed by atoms with van der Waals surface area (Å²) in [5.41, 5.74) is 1.37. The van der Waals surface area contributed by atoms with Crippen LogP contribution in [0.5, 0.6) is 0 Å². The first-order valence-electron chi connectivity index (χ1n) is 7.31. The van der Waals surface area contributed by atoms with E-state index in [1.807, 2.05) is 12.5 Å². The van der Waals surface area contributed by atoms with Crippen LogP contribution in [0.2, 0.25) is 0 Å². The molecule has 2 heterocycles. The summed E-state index contributed by atoms with van der Waals surface area (Å²) in [7, 11) is 0. The number of aromatic nitrogens is 2. The number of rotatable bonds is 7. The third-order valence-corrected chi connectivity index (χ3v) is 3.93. The lowest BCUT2D eigenvalue weighted by Gasteiger charge is -2.19. The number of hydrogen-bond donors (Lipinski definition) is 1. The Balaban J connectivity index is 1.84. The van der Waals surface area contributed by atoms with Crippen molar-refractivity contribution in [3.8, 4) is 0 Å². The fourth-order valence-electron chi connectivity index (χ4n) is 2.75. The van der Waals surface area contributed by atoms with Gasteiger partial charge < -0.3 is 14.8 Å². The van der Waals surface area contributed by atoms with Crippen LogP contribution >= 0.6 is 0 Å². The van der Waals surface area contributed by atoms with Crippen LogP contribution in [-0.2, 0) is 6.54 Å². The van der Waals surface area contributed by atoms with Gasteiger partial charge in [-0.1, -0.05) is 13.8 Å². The zero-order valence-corrected chi connectivity index (χ0v) is 11.7. The van der Waals surface area contributed by atoms with Crippen LogP contribution in [-0.4, -0.2) is 40.6 Å². The standard InChI is InChI=1S/C14H26N4/c1-3-17(4-2)9-6-10-18-12-15-11-14(18)13-7-5-8-16-13/h11-13,16H,3-10H2,1-2H3/t13-/m0/s1. The number of hydrogen-bond acceptors (Lipinski definition) is 3. The van der Waals surface area contributed by atoms with E-state index < -0.39 is 0 Å². The molecule has 0 saturated carbocycles. The van der Waals surface area contributed by atoms with Gasteiger partial charge in [-0.15, -0.1) is 0 Å². The second-order valence-corrected chi connectivity index (χ2v) is 5.04. The third kappa shape index (κ3) is 3.33. The average Bonchev–Trinajstić information content (AvgIpc) is 3.04. The van der Waals surface area contributed by atoms with Gasteiger partial charge in [0.2, 0.25) is 0 Å². The summed E-state index contributed by atoms with van der Waals surface area (Å²) in [6, 6.07) is 0.529. The minimum atomic E-state index is 0.529. The second-order valence-electron chi connectivity index (χ2n) is 5.04. The maximum absolute atomic E-state index is 4.31. The summed E-state index contributed by atoms with van der Waals surface area (Å²) in [5.74, 6) is 0. The van der Waals surface area contributed by atoms with E-state index in [0.29, 0.717) is 6.04 Å². The van der Waals surface area contributed by atoms with E-state index in [4.69, 9.17) is 0 Å². The summed E-state index contributed by atoms with van der Waals surface area (Å²) in [6.45, 7) is 10.2. The highest BCUT2D eigenvalue weighted by Crippen LogP contribution is 2.22. The fraction of sp³-hybridized carbons (Fsp3) is 0.786. The Morgan fingerprint density at radius 2 is 2.28 bits per heavy atom. The van der Waals surface area contributed by atoms with Gasteiger partial charge in [-0.2, -0.15) is 0 Å². The van der Waals surface area contributed by atoms with Gasteiger partial charge in [0.15, 0.2) is 0 Å². The lowest BCUT2D eigenvalue weighted by molar-refractivity contribution is 0.292. The number of imidazole rings is 1. The summed E-state index contributed by atoms with van der Waals surface area (Å²) < 4.78 is 2.33. The predicted molar refractivity (Wildman–Crippen MR) is 74.6 cm³/mol. The monoisotopic (exact) mass is 250 g/mol. The number of nitrogens with one attached hydrogen (secondary N) is 1. The maximum atomic E-state index is 4.31. The van der Waals surface area contributed by atoms with Gasteiger partial charge in [0.05, 0.1) is 12.0 Å². The molecule has 1 aromatic heterocycles. The van der Waals surface area contributed by atoms with E-state index in [-0.39, 0.29) is 0 Å². The molecule has 1 aliphatic heterocycles. The summed E-state index contributed by atoms with van der Waals surface area (Å²) >= 11 is 0. The molecular formula is C14H26N4. The first kappa shape index (κ1) is 13.6. The molecule has 102 valence electrons. The van der Waals surface area contributed by atoms with E-state index in [1.54, 1.807) is 0 Å². The summed E-state index contributed by atoms with van der Waals surface area (Å²) in [5, 5.41) is 3.55. The van der Waals surface area contributed by atoms with Gasteiger partial charge in [-0.05, 0) is 45.4 Å². The predicted octanol–water partition coefficient (Wildman–Crippen LogP) is 2.04. The molecule has 1 fully saturated rings. The molecule has 0 unspecified atom stereocenters. The molecule has 0 spiro atoms. The van der Waals surface area contributed by atoms with Crippen molar-refractivity contribution < 1.29 is 0 Å². The highest BCUT2D eigenvalue weighted by atomic mass is 15.1. The van der Waals surface area contributed by atoms with E-state index >= 15 is 0 Å². The molecule has 0 radical (unpaired) electrons. The molecule has 18 heavy (non-hydrogen) atoms. The van der Waals surface area contributed by atoms with Gasteiger partial charge in [-0.25, -0.2) is 4.98 Å². The molecule has 2 rings (SSSR count). The zero-order valence-electron chi connectivity index (χ0n) is 11.7. The van der Waals surface area contributed by atoms with Crippen molar-refractivity contribution >= 4 is 0 Å². The van der Waals surface area contributed by atoms with Gasteiger partial charge in [-0.3, -0.25) is 0 Å². The Kier molecular flexibility index (Phi) is 5.20. The first-order chi connectivity index (χ1) is 8.85. The molecule has 0 aromatic carbocycles. The van der Waals surface area contributed by atoms with Crippen molar-refractivity contribution in [2.45, 2.75) is 45.7 Å². The molecule has 1 aromatic rings. The topological polar surface area (TPSA) is 33.1 Å². The Labute approximate surface area is 110 Å². The van der Waals surface area contributed by atoms with Crippen LogP contribution in [0, 0.1) is 0 Å². The Bertz CT molecular complexity index is 337. The van der Waals surface area contributed by atoms with Gasteiger partial charge >= 0.3 is 0 Å². The van der Waals surface area contributed by atoms with E-state index in [9.17, 15) is 0 Å². The lowest BCUT2D eigenvalue weighted by atomic mass is 10.2. The molecule has 1 saturated heterocycles. The van der Waals surface area contributed by atoms with Crippen molar-refractivity contribution in [3.05, 3.63) is 18.2 Å². The van der Waals surface area contributed by atoms with Crippen molar-refractivity contribution in [3.63, 3.8) is 0 Å². The molecule has 1 aliphatic rings. The van der Waals surface area contributed by atoms with Gasteiger partial charge in [0.25, 0.3) is 0 Å².